The van der Waals surface area contributed by atoms with Crippen LogP contribution in [0.1, 0.15) is 42.5 Å². The molecule has 1 aromatic rings. The highest BCUT2D eigenvalue weighted by Crippen LogP contribution is 2.47. The molecule has 0 atom stereocenters. The minimum atomic E-state index is 0.100. The predicted molar refractivity (Wildman–Crippen MR) is 63.2 cm³/mol. The van der Waals surface area contributed by atoms with Crippen LogP contribution in [-0.4, -0.2) is 11.4 Å². The molecule has 1 aromatic carbocycles. The number of rotatable bonds is 2. The molecule has 2 fully saturated rings. The molecule has 2 aliphatic rings. The molecule has 0 aromatic heterocycles. The summed E-state index contributed by atoms with van der Waals surface area (Å²) in [6.45, 7) is 0. The van der Waals surface area contributed by atoms with Gasteiger partial charge in [0.2, 0.25) is 0 Å². The van der Waals surface area contributed by atoms with Gasteiger partial charge in [-0.15, -0.1) is 0 Å². The maximum atomic E-state index is 12.1. The molecule has 0 aliphatic heterocycles. The lowest BCUT2D eigenvalue weighted by Gasteiger charge is -2.28. The van der Waals surface area contributed by atoms with Crippen LogP contribution in [0.5, 0.6) is 0 Å². The number of hydrogen-bond acceptors (Lipinski definition) is 1. The molecule has 0 unspecified atom stereocenters. The first-order chi connectivity index (χ1) is 7.77. The molecule has 3 rings (SSSR count). The summed E-state index contributed by atoms with van der Waals surface area (Å²) in [5, 5.41) is 3.26. The highest BCUT2D eigenvalue weighted by atomic mass is 16.1. The molecule has 2 aliphatic carbocycles. The van der Waals surface area contributed by atoms with E-state index in [1.165, 1.54) is 32.1 Å². The fourth-order valence-electron chi connectivity index (χ4n) is 3.27. The Bertz CT molecular complexity index is 390. The summed E-state index contributed by atoms with van der Waals surface area (Å²) in [5.41, 5.74) is 0.921. The van der Waals surface area contributed by atoms with Crippen LogP contribution in [0.4, 0.5) is 0 Å². The van der Waals surface area contributed by atoms with E-state index in [4.69, 9.17) is 0 Å². The summed E-state index contributed by atoms with van der Waals surface area (Å²) in [6, 6.07) is 9.54. The lowest BCUT2D eigenvalue weighted by Crippen LogP contribution is -2.44. The van der Waals surface area contributed by atoms with Crippen LogP contribution in [0.25, 0.3) is 0 Å². The smallest absolute Gasteiger partial charge is 0.251 e. The Hall–Kier alpha value is -1.31. The molecule has 2 heteroatoms. The third-order valence-corrected chi connectivity index (χ3v) is 4.16. The predicted octanol–water partition coefficient (Wildman–Crippen LogP) is 2.75. The number of fused-ring (bicyclic) bond motifs is 2. The van der Waals surface area contributed by atoms with Gasteiger partial charge in [0.05, 0.1) is 0 Å². The van der Waals surface area contributed by atoms with Gasteiger partial charge < -0.3 is 5.32 Å². The van der Waals surface area contributed by atoms with Crippen LogP contribution in [0.3, 0.4) is 0 Å². The highest BCUT2D eigenvalue weighted by molar-refractivity contribution is 5.94. The molecule has 84 valence electrons. The number of hydrogen-bond donors (Lipinski definition) is 1. The largest absolute Gasteiger partial charge is 0.347 e. The summed E-state index contributed by atoms with van der Waals surface area (Å²) in [5.74, 6) is 0.972. The fourth-order valence-corrected chi connectivity index (χ4v) is 3.27. The van der Waals surface area contributed by atoms with Crippen LogP contribution in [0.15, 0.2) is 30.3 Å². The molecular weight excluding hydrogens is 198 g/mol. The van der Waals surface area contributed by atoms with Gasteiger partial charge >= 0.3 is 0 Å². The third-order valence-electron chi connectivity index (χ3n) is 4.16. The molecule has 2 bridgehead atoms. The van der Waals surface area contributed by atoms with E-state index in [2.05, 4.69) is 5.32 Å². The van der Waals surface area contributed by atoms with Crippen molar-refractivity contribution in [3.8, 4) is 0 Å². The molecular formula is C14H17NO. The lowest BCUT2D eigenvalue weighted by molar-refractivity contribution is 0.0901. The van der Waals surface area contributed by atoms with E-state index in [1.54, 1.807) is 0 Å². The van der Waals surface area contributed by atoms with Gasteiger partial charge in [0.1, 0.15) is 0 Å². The summed E-state index contributed by atoms with van der Waals surface area (Å²) >= 11 is 0. The molecule has 2 nitrogen and oxygen atoms in total. The average Bonchev–Trinajstić information content (AvgIpc) is 2.90. The monoisotopic (exact) mass is 215 g/mol. The van der Waals surface area contributed by atoms with Gasteiger partial charge in [-0.25, -0.2) is 0 Å². The van der Waals surface area contributed by atoms with Gasteiger partial charge in [-0.2, -0.15) is 0 Å². The minimum absolute atomic E-state index is 0.100. The Balaban J connectivity index is 1.74. The van der Waals surface area contributed by atoms with Crippen LogP contribution >= 0.6 is 0 Å². The zero-order valence-electron chi connectivity index (χ0n) is 9.41. The third kappa shape index (κ3) is 1.62. The molecule has 1 N–H and O–H groups in total. The molecule has 0 saturated heterocycles. The van der Waals surface area contributed by atoms with Gasteiger partial charge in [-0.1, -0.05) is 18.2 Å². The Morgan fingerprint density at radius 3 is 2.44 bits per heavy atom. The Kier molecular flexibility index (Phi) is 2.23. The first kappa shape index (κ1) is 9.88. The summed E-state index contributed by atoms with van der Waals surface area (Å²) in [7, 11) is 0. The van der Waals surface area contributed by atoms with Crippen LogP contribution in [0.2, 0.25) is 0 Å². The van der Waals surface area contributed by atoms with E-state index < -0.39 is 0 Å². The van der Waals surface area contributed by atoms with Gasteiger partial charge in [0.25, 0.3) is 5.91 Å². The van der Waals surface area contributed by atoms with Gasteiger partial charge in [-0.3, -0.25) is 4.79 Å². The van der Waals surface area contributed by atoms with Gasteiger partial charge in [-0.05, 0) is 50.2 Å². The second kappa shape index (κ2) is 3.62. The first-order valence-corrected chi connectivity index (χ1v) is 6.15. The Morgan fingerprint density at radius 2 is 1.88 bits per heavy atom. The number of amides is 1. The van der Waals surface area contributed by atoms with Gasteiger partial charge in [0, 0.05) is 11.1 Å². The molecule has 0 heterocycles. The summed E-state index contributed by atoms with van der Waals surface area (Å²) in [6.07, 6.45) is 6.15. The van der Waals surface area contributed by atoms with Crippen molar-refractivity contribution in [3.63, 3.8) is 0 Å². The van der Waals surface area contributed by atoms with E-state index in [0.29, 0.717) is 0 Å². The van der Waals surface area contributed by atoms with Crippen molar-refractivity contribution in [1.29, 1.82) is 0 Å². The van der Waals surface area contributed by atoms with Crippen molar-refractivity contribution in [2.75, 3.05) is 0 Å². The SMILES string of the molecule is O=C(NC12CCC(CC1)C2)c1ccccc1. The van der Waals surface area contributed by atoms with Crippen molar-refractivity contribution >= 4 is 5.91 Å². The maximum absolute atomic E-state index is 12.1. The summed E-state index contributed by atoms with van der Waals surface area (Å²) in [4.78, 5) is 12.1. The maximum Gasteiger partial charge on any atom is 0.251 e. The molecule has 16 heavy (non-hydrogen) atoms. The molecule has 0 radical (unpaired) electrons. The molecule has 1 amide bonds. The van der Waals surface area contributed by atoms with Crippen LogP contribution in [0, 0.1) is 5.92 Å². The second-order valence-corrected chi connectivity index (χ2v) is 5.25. The standard InChI is InChI=1S/C14H17NO/c16-13(12-4-2-1-3-5-12)15-14-8-6-11(10-14)7-9-14/h1-5,11H,6-10H2,(H,15,16). The zero-order chi connectivity index (χ0) is 11.0. The molecule has 2 saturated carbocycles. The quantitative estimate of drug-likeness (QED) is 0.807. The van der Waals surface area contributed by atoms with E-state index in [-0.39, 0.29) is 11.4 Å². The fraction of sp³-hybridized carbons (Fsp3) is 0.500. The van der Waals surface area contributed by atoms with Gasteiger partial charge in [0.15, 0.2) is 0 Å². The number of nitrogens with one attached hydrogen (secondary N) is 1. The summed E-state index contributed by atoms with van der Waals surface area (Å²) < 4.78 is 0. The minimum Gasteiger partial charge on any atom is -0.347 e. The van der Waals surface area contributed by atoms with Crippen molar-refractivity contribution in [2.24, 2.45) is 5.92 Å². The molecule has 0 spiro atoms. The van der Waals surface area contributed by atoms with Crippen LogP contribution < -0.4 is 5.32 Å². The average molecular weight is 215 g/mol. The number of benzene rings is 1. The topological polar surface area (TPSA) is 29.1 Å². The van der Waals surface area contributed by atoms with Crippen molar-refractivity contribution in [1.82, 2.24) is 5.32 Å². The van der Waals surface area contributed by atoms with Crippen molar-refractivity contribution < 1.29 is 4.79 Å². The van der Waals surface area contributed by atoms with E-state index in [1.807, 2.05) is 30.3 Å². The van der Waals surface area contributed by atoms with E-state index >= 15 is 0 Å². The highest BCUT2D eigenvalue weighted by Gasteiger charge is 2.45. The first-order valence-electron chi connectivity index (χ1n) is 6.15. The van der Waals surface area contributed by atoms with Crippen molar-refractivity contribution in [3.05, 3.63) is 35.9 Å². The number of carbonyl (C=O) groups excluding carboxylic acids is 1. The van der Waals surface area contributed by atoms with Crippen molar-refractivity contribution in [2.45, 2.75) is 37.6 Å². The van der Waals surface area contributed by atoms with E-state index in [9.17, 15) is 4.79 Å². The Morgan fingerprint density at radius 1 is 1.19 bits per heavy atom. The zero-order valence-corrected chi connectivity index (χ0v) is 9.41. The Labute approximate surface area is 96.1 Å². The normalized spacial score (nSPS) is 31.6. The van der Waals surface area contributed by atoms with E-state index in [0.717, 1.165) is 11.5 Å². The second-order valence-electron chi connectivity index (χ2n) is 5.25. The van der Waals surface area contributed by atoms with Crippen LogP contribution in [-0.2, 0) is 0 Å². The lowest BCUT2D eigenvalue weighted by atomic mass is 9.93. The number of carbonyl (C=O) groups is 1.